The molecule has 2 rings (SSSR count). The Morgan fingerprint density at radius 3 is 3.00 bits per heavy atom. The molecule has 21 heavy (non-hydrogen) atoms. The first kappa shape index (κ1) is 15.9. The lowest BCUT2D eigenvalue weighted by Gasteiger charge is -2.30. The van der Waals surface area contributed by atoms with Gasteiger partial charge in [0.15, 0.2) is 0 Å². The van der Waals surface area contributed by atoms with Crippen molar-refractivity contribution in [1.82, 2.24) is 4.90 Å². The molecular formula is C17H21NO2S. The van der Waals surface area contributed by atoms with Gasteiger partial charge in [-0.1, -0.05) is 18.8 Å². The standard InChI is InChI=1S/C17H21NO2S/c1-13-9-15(5-3-4-7-19)11-16(10-13)17(20)18-6-8-21-14(2)12-18/h9-11,14,19H,4,6-8,12H2,1-2H3. The van der Waals surface area contributed by atoms with Crippen LogP contribution in [0, 0.1) is 18.8 Å². The van der Waals surface area contributed by atoms with Crippen LogP contribution in [0.25, 0.3) is 0 Å². The van der Waals surface area contributed by atoms with Gasteiger partial charge in [-0.25, -0.2) is 0 Å². The second kappa shape index (κ2) is 7.53. The van der Waals surface area contributed by atoms with Gasteiger partial charge in [-0.15, -0.1) is 0 Å². The molecular weight excluding hydrogens is 282 g/mol. The lowest BCUT2D eigenvalue weighted by Crippen LogP contribution is -2.41. The van der Waals surface area contributed by atoms with Gasteiger partial charge in [-0.2, -0.15) is 11.8 Å². The van der Waals surface area contributed by atoms with Crippen molar-refractivity contribution in [3.05, 3.63) is 34.9 Å². The number of aliphatic hydroxyl groups is 1. The number of hydrogen-bond donors (Lipinski definition) is 1. The number of aliphatic hydroxyl groups excluding tert-OH is 1. The Morgan fingerprint density at radius 1 is 1.48 bits per heavy atom. The van der Waals surface area contributed by atoms with Crippen molar-refractivity contribution in [2.75, 3.05) is 25.4 Å². The number of hydrogen-bond acceptors (Lipinski definition) is 3. The Hall–Kier alpha value is -1.44. The summed E-state index contributed by atoms with van der Waals surface area (Å²) in [6.07, 6.45) is 0.456. The lowest BCUT2D eigenvalue weighted by molar-refractivity contribution is 0.0763. The molecule has 0 radical (unpaired) electrons. The maximum Gasteiger partial charge on any atom is 0.253 e. The number of thioether (sulfide) groups is 1. The molecule has 1 fully saturated rings. The molecule has 0 spiro atoms. The second-order valence-corrected chi connectivity index (χ2v) is 6.84. The zero-order chi connectivity index (χ0) is 15.2. The second-order valence-electron chi connectivity index (χ2n) is 5.30. The van der Waals surface area contributed by atoms with Crippen LogP contribution in [0.5, 0.6) is 0 Å². The molecule has 4 heteroatoms. The summed E-state index contributed by atoms with van der Waals surface area (Å²) in [7, 11) is 0. The molecule has 1 aromatic rings. The van der Waals surface area contributed by atoms with E-state index in [9.17, 15) is 4.79 Å². The highest BCUT2D eigenvalue weighted by Crippen LogP contribution is 2.20. The first-order chi connectivity index (χ1) is 10.1. The molecule has 1 aromatic carbocycles. The Bertz CT molecular complexity index is 574. The van der Waals surface area contributed by atoms with Crippen LogP contribution in [-0.4, -0.2) is 46.6 Å². The van der Waals surface area contributed by atoms with Crippen molar-refractivity contribution in [3.8, 4) is 11.8 Å². The molecule has 1 aliphatic heterocycles. The van der Waals surface area contributed by atoms with Gasteiger partial charge < -0.3 is 10.0 Å². The van der Waals surface area contributed by atoms with E-state index in [0.717, 1.165) is 30.0 Å². The van der Waals surface area contributed by atoms with Crippen LogP contribution >= 0.6 is 11.8 Å². The van der Waals surface area contributed by atoms with E-state index in [2.05, 4.69) is 18.8 Å². The summed E-state index contributed by atoms with van der Waals surface area (Å²) in [5.74, 6) is 7.01. The van der Waals surface area contributed by atoms with E-state index in [1.165, 1.54) is 0 Å². The SMILES string of the molecule is Cc1cc(C#CCCO)cc(C(=O)N2CCSC(C)C2)c1. The van der Waals surface area contributed by atoms with Crippen LogP contribution in [0.4, 0.5) is 0 Å². The number of aryl methyl sites for hydroxylation is 1. The number of amides is 1. The summed E-state index contributed by atoms with van der Waals surface area (Å²) in [6.45, 7) is 5.82. The average molecular weight is 303 g/mol. The highest BCUT2D eigenvalue weighted by Gasteiger charge is 2.22. The van der Waals surface area contributed by atoms with Gasteiger partial charge in [0.1, 0.15) is 0 Å². The minimum Gasteiger partial charge on any atom is -0.395 e. The van der Waals surface area contributed by atoms with Gasteiger partial charge >= 0.3 is 0 Å². The van der Waals surface area contributed by atoms with Gasteiger partial charge in [0, 0.05) is 41.6 Å². The molecule has 1 saturated heterocycles. The Balaban J connectivity index is 2.19. The minimum absolute atomic E-state index is 0.0634. The Kier molecular flexibility index (Phi) is 5.72. The van der Waals surface area contributed by atoms with Gasteiger partial charge in [-0.05, 0) is 30.7 Å². The zero-order valence-corrected chi connectivity index (χ0v) is 13.4. The lowest BCUT2D eigenvalue weighted by atomic mass is 10.1. The predicted molar refractivity (Wildman–Crippen MR) is 87.6 cm³/mol. The van der Waals surface area contributed by atoms with Crippen LogP contribution in [-0.2, 0) is 0 Å². The summed E-state index contributed by atoms with van der Waals surface area (Å²) in [5, 5.41) is 9.27. The molecule has 1 N–H and O–H groups in total. The maximum absolute atomic E-state index is 12.6. The summed E-state index contributed by atoms with van der Waals surface area (Å²) in [6, 6.07) is 5.74. The summed E-state index contributed by atoms with van der Waals surface area (Å²) in [4.78, 5) is 14.5. The van der Waals surface area contributed by atoms with E-state index in [1.54, 1.807) is 0 Å². The minimum atomic E-state index is 0.0634. The number of benzene rings is 1. The smallest absolute Gasteiger partial charge is 0.253 e. The normalized spacial score (nSPS) is 18.0. The van der Waals surface area contributed by atoms with E-state index in [-0.39, 0.29) is 12.5 Å². The van der Waals surface area contributed by atoms with E-state index >= 15 is 0 Å². The highest BCUT2D eigenvalue weighted by molar-refractivity contribution is 7.99. The molecule has 3 nitrogen and oxygen atoms in total. The largest absolute Gasteiger partial charge is 0.395 e. The number of carbonyl (C=O) groups excluding carboxylic acids is 1. The average Bonchev–Trinajstić information content (AvgIpc) is 2.46. The quantitative estimate of drug-likeness (QED) is 0.852. The molecule has 0 aliphatic carbocycles. The van der Waals surface area contributed by atoms with Crippen molar-refractivity contribution in [3.63, 3.8) is 0 Å². The van der Waals surface area contributed by atoms with Gasteiger partial charge in [0.25, 0.3) is 5.91 Å². The molecule has 0 bridgehead atoms. The first-order valence-corrected chi connectivity index (χ1v) is 8.27. The molecule has 1 amide bonds. The molecule has 0 aromatic heterocycles. The summed E-state index contributed by atoms with van der Waals surface area (Å²) in [5.41, 5.74) is 2.59. The van der Waals surface area contributed by atoms with Gasteiger partial charge in [0.2, 0.25) is 0 Å². The van der Waals surface area contributed by atoms with Crippen molar-refractivity contribution in [2.45, 2.75) is 25.5 Å². The molecule has 112 valence electrons. The zero-order valence-electron chi connectivity index (χ0n) is 12.6. The molecule has 1 unspecified atom stereocenters. The predicted octanol–water partition coefficient (Wildman–Crippen LogP) is 2.31. The van der Waals surface area contributed by atoms with Crippen LogP contribution in [0.15, 0.2) is 18.2 Å². The van der Waals surface area contributed by atoms with E-state index in [1.807, 2.05) is 41.8 Å². The summed E-state index contributed by atoms with van der Waals surface area (Å²) >= 11 is 1.91. The third-order valence-corrected chi connectivity index (χ3v) is 4.46. The van der Waals surface area contributed by atoms with E-state index in [4.69, 9.17) is 5.11 Å². The van der Waals surface area contributed by atoms with Crippen LogP contribution in [0.2, 0.25) is 0 Å². The Labute approximate surface area is 130 Å². The van der Waals surface area contributed by atoms with E-state index < -0.39 is 0 Å². The van der Waals surface area contributed by atoms with Crippen molar-refractivity contribution in [2.24, 2.45) is 0 Å². The summed E-state index contributed by atoms with van der Waals surface area (Å²) < 4.78 is 0. The number of carbonyl (C=O) groups is 1. The maximum atomic E-state index is 12.6. The third kappa shape index (κ3) is 4.52. The first-order valence-electron chi connectivity index (χ1n) is 7.22. The fourth-order valence-corrected chi connectivity index (χ4v) is 3.40. The molecule has 0 saturated carbocycles. The van der Waals surface area contributed by atoms with Crippen LogP contribution in [0.1, 0.15) is 34.8 Å². The van der Waals surface area contributed by atoms with Crippen molar-refractivity contribution in [1.29, 1.82) is 0 Å². The highest BCUT2D eigenvalue weighted by atomic mass is 32.2. The van der Waals surface area contributed by atoms with Crippen LogP contribution < -0.4 is 0 Å². The third-order valence-electron chi connectivity index (χ3n) is 3.32. The van der Waals surface area contributed by atoms with Crippen molar-refractivity contribution >= 4 is 17.7 Å². The molecule has 1 atom stereocenters. The Morgan fingerprint density at radius 2 is 2.29 bits per heavy atom. The van der Waals surface area contributed by atoms with Crippen LogP contribution in [0.3, 0.4) is 0 Å². The van der Waals surface area contributed by atoms with E-state index in [0.29, 0.717) is 17.2 Å². The van der Waals surface area contributed by atoms with Gasteiger partial charge in [0.05, 0.1) is 6.61 Å². The fraction of sp³-hybridized carbons (Fsp3) is 0.471. The molecule has 1 heterocycles. The number of rotatable bonds is 2. The fourth-order valence-electron chi connectivity index (χ4n) is 2.38. The topological polar surface area (TPSA) is 40.5 Å². The monoisotopic (exact) mass is 303 g/mol. The van der Waals surface area contributed by atoms with Crippen molar-refractivity contribution < 1.29 is 9.90 Å². The van der Waals surface area contributed by atoms with Gasteiger partial charge in [-0.3, -0.25) is 4.79 Å². The molecule has 1 aliphatic rings. The number of nitrogens with zero attached hydrogens (tertiary/aromatic N) is 1.